The number of hydrogen-bond donors (Lipinski definition) is 0. The molecule has 128 valence electrons. The second-order valence-corrected chi connectivity index (χ2v) is 6.01. The van der Waals surface area contributed by atoms with Crippen LogP contribution in [0.15, 0.2) is 73.3 Å². The zero-order valence-corrected chi connectivity index (χ0v) is 14.3. The van der Waals surface area contributed by atoms with E-state index in [9.17, 15) is 4.79 Å². The molecule has 6 heteroatoms. The molecule has 3 aromatic heterocycles. The van der Waals surface area contributed by atoms with E-state index in [-0.39, 0.29) is 5.91 Å². The lowest BCUT2D eigenvalue weighted by Gasteiger charge is -2.16. The number of fused-ring (bicyclic) bond motifs is 1. The van der Waals surface area contributed by atoms with Gasteiger partial charge in [0, 0.05) is 37.7 Å². The standard InChI is InChI=1S/C20H17N5O/c1-24(14-15-6-5-10-21-12-15)20(26)17-13-23-25-18(9-11-22-19(17)25)16-7-3-2-4-8-16/h2-13H,14H2,1H3. The smallest absolute Gasteiger partial charge is 0.259 e. The van der Waals surface area contributed by atoms with Crippen molar-refractivity contribution < 1.29 is 4.79 Å². The van der Waals surface area contributed by atoms with Crippen LogP contribution in [0.1, 0.15) is 15.9 Å². The number of benzene rings is 1. The summed E-state index contributed by atoms with van der Waals surface area (Å²) in [5.74, 6) is -0.124. The molecule has 0 atom stereocenters. The van der Waals surface area contributed by atoms with Crippen LogP contribution in [-0.2, 0) is 6.54 Å². The molecule has 0 aliphatic heterocycles. The molecule has 0 radical (unpaired) electrons. The van der Waals surface area contributed by atoms with Gasteiger partial charge in [-0.1, -0.05) is 36.4 Å². The Bertz CT molecular complexity index is 1040. The van der Waals surface area contributed by atoms with Crippen molar-refractivity contribution in [3.63, 3.8) is 0 Å². The topological polar surface area (TPSA) is 63.4 Å². The number of rotatable bonds is 4. The molecule has 0 N–H and O–H groups in total. The number of amides is 1. The van der Waals surface area contributed by atoms with Crippen molar-refractivity contribution in [1.29, 1.82) is 0 Å². The summed E-state index contributed by atoms with van der Waals surface area (Å²) in [6.07, 6.45) is 6.76. The van der Waals surface area contributed by atoms with Gasteiger partial charge in [-0.15, -0.1) is 0 Å². The van der Waals surface area contributed by atoms with Crippen LogP contribution in [0.25, 0.3) is 16.9 Å². The molecule has 0 bridgehead atoms. The predicted molar refractivity (Wildman–Crippen MR) is 98.5 cm³/mol. The number of aromatic nitrogens is 4. The summed E-state index contributed by atoms with van der Waals surface area (Å²) in [5.41, 5.74) is 3.91. The van der Waals surface area contributed by atoms with Gasteiger partial charge in [-0.05, 0) is 17.7 Å². The highest BCUT2D eigenvalue weighted by molar-refractivity contribution is 5.99. The van der Waals surface area contributed by atoms with E-state index in [2.05, 4.69) is 15.1 Å². The third-order valence-corrected chi connectivity index (χ3v) is 4.19. The summed E-state index contributed by atoms with van der Waals surface area (Å²) in [5, 5.41) is 4.40. The molecule has 26 heavy (non-hydrogen) atoms. The lowest BCUT2D eigenvalue weighted by Crippen LogP contribution is -2.26. The number of hydrogen-bond acceptors (Lipinski definition) is 4. The van der Waals surface area contributed by atoms with Crippen molar-refractivity contribution >= 4 is 11.6 Å². The van der Waals surface area contributed by atoms with Crippen molar-refractivity contribution in [2.24, 2.45) is 0 Å². The second-order valence-electron chi connectivity index (χ2n) is 6.01. The van der Waals surface area contributed by atoms with Gasteiger partial charge in [-0.3, -0.25) is 9.78 Å². The van der Waals surface area contributed by atoms with Crippen LogP contribution < -0.4 is 0 Å². The Kier molecular flexibility index (Phi) is 4.15. The van der Waals surface area contributed by atoms with Crippen LogP contribution in [-0.4, -0.2) is 37.4 Å². The van der Waals surface area contributed by atoms with Crippen molar-refractivity contribution in [1.82, 2.24) is 24.5 Å². The SMILES string of the molecule is CN(Cc1cccnc1)C(=O)c1cnn2c(-c3ccccc3)ccnc12. The Morgan fingerprint density at radius 2 is 1.88 bits per heavy atom. The summed E-state index contributed by atoms with van der Waals surface area (Å²) in [6, 6.07) is 15.6. The summed E-state index contributed by atoms with van der Waals surface area (Å²) in [4.78, 5) is 23.0. The minimum Gasteiger partial charge on any atom is -0.337 e. The fraction of sp³-hybridized carbons (Fsp3) is 0.100. The van der Waals surface area contributed by atoms with E-state index in [0.717, 1.165) is 16.8 Å². The van der Waals surface area contributed by atoms with Crippen LogP contribution >= 0.6 is 0 Å². The fourth-order valence-corrected chi connectivity index (χ4v) is 2.91. The van der Waals surface area contributed by atoms with Gasteiger partial charge in [0.05, 0.1) is 11.9 Å². The molecule has 0 saturated heterocycles. The Balaban J connectivity index is 1.68. The van der Waals surface area contributed by atoms with Crippen LogP contribution in [0.4, 0.5) is 0 Å². The van der Waals surface area contributed by atoms with E-state index in [4.69, 9.17) is 0 Å². The second kappa shape index (κ2) is 6.76. The van der Waals surface area contributed by atoms with E-state index in [0.29, 0.717) is 17.8 Å². The predicted octanol–water partition coefficient (Wildman–Crippen LogP) is 3.06. The molecule has 0 saturated carbocycles. The van der Waals surface area contributed by atoms with Crippen molar-refractivity contribution in [3.8, 4) is 11.3 Å². The molecule has 1 amide bonds. The molecule has 0 aliphatic carbocycles. The maximum absolute atomic E-state index is 12.9. The maximum atomic E-state index is 12.9. The first-order chi connectivity index (χ1) is 12.7. The first-order valence-electron chi connectivity index (χ1n) is 8.26. The van der Waals surface area contributed by atoms with Gasteiger partial charge in [-0.25, -0.2) is 9.50 Å². The first kappa shape index (κ1) is 16.0. The maximum Gasteiger partial charge on any atom is 0.259 e. The quantitative estimate of drug-likeness (QED) is 0.571. The highest BCUT2D eigenvalue weighted by Gasteiger charge is 2.19. The monoisotopic (exact) mass is 343 g/mol. The summed E-state index contributed by atoms with van der Waals surface area (Å²) in [7, 11) is 1.76. The molecular weight excluding hydrogens is 326 g/mol. The lowest BCUT2D eigenvalue weighted by molar-refractivity contribution is 0.0786. The normalized spacial score (nSPS) is 10.8. The van der Waals surface area contributed by atoms with Gasteiger partial charge in [0.25, 0.3) is 5.91 Å². The van der Waals surface area contributed by atoms with Crippen molar-refractivity contribution in [3.05, 3.63) is 84.4 Å². The summed E-state index contributed by atoms with van der Waals surface area (Å²) in [6.45, 7) is 0.475. The van der Waals surface area contributed by atoms with Crippen molar-refractivity contribution in [2.45, 2.75) is 6.54 Å². The van der Waals surface area contributed by atoms with Crippen LogP contribution in [0.3, 0.4) is 0 Å². The van der Waals surface area contributed by atoms with Gasteiger partial charge in [0.2, 0.25) is 0 Å². The largest absolute Gasteiger partial charge is 0.337 e. The van der Waals surface area contributed by atoms with Gasteiger partial charge < -0.3 is 4.90 Å². The van der Waals surface area contributed by atoms with Crippen molar-refractivity contribution in [2.75, 3.05) is 7.05 Å². The zero-order valence-electron chi connectivity index (χ0n) is 14.3. The van der Waals surface area contributed by atoms with Gasteiger partial charge >= 0.3 is 0 Å². The van der Waals surface area contributed by atoms with Gasteiger partial charge in [-0.2, -0.15) is 5.10 Å². The molecule has 0 aliphatic rings. The average Bonchev–Trinajstić information content (AvgIpc) is 3.13. The molecule has 3 heterocycles. The van der Waals surface area contributed by atoms with Crippen LogP contribution in [0.5, 0.6) is 0 Å². The van der Waals surface area contributed by atoms with Gasteiger partial charge in [0.1, 0.15) is 5.56 Å². The number of pyridine rings is 1. The number of carbonyl (C=O) groups is 1. The number of carbonyl (C=O) groups excluding carboxylic acids is 1. The molecule has 4 rings (SSSR count). The molecule has 4 aromatic rings. The molecular formula is C20H17N5O. The minimum atomic E-state index is -0.124. The Morgan fingerprint density at radius 1 is 1.04 bits per heavy atom. The Morgan fingerprint density at radius 3 is 2.65 bits per heavy atom. The van der Waals surface area contributed by atoms with E-state index < -0.39 is 0 Å². The molecule has 1 aromatic carbocycles. The highest BCUT2D eigenvalue weighted by atomic mass is 16.2. The molecule has 0 unspecified atom stereocenters. The average molecular weight is 343 g/mol. The Labute approximate surface area is 150 Å². The molecule has 6 nitrogen and oxygen atoms in total. The van der Waals surface area contributed by atoms with Crippen LogP contribution in [0.2, 0.25) is 0 Å². The molecule has 0 spiro atoms. The van der Waals surface area contributed by atoms with E-state index in [1.54, 1.807) is 41.3 Å². The summed E-state index contributed by atoms with van der Waals surface area (Å²) >= 11 is 0. The third-order valence-electron chi connectivity index (χ3n) is 4.19. The van der Waals surface area contributed by atoms with Gasteiger partial charge in [0.15, 0.2) is 5.65 Å². The lowest BCUT2D eigenvalue weighted by atomic mass is 10.1. The van der Waals surface area contributed by atoms with E-state index in [1.165, 1.54) is 0 Å². The minimum absolute atomic E-state index is 0.124. The van der Waals surface area contributed by atoms with Crippen LogP contribution in [0, 0.1) is 0 Å². The highest BCUT2D eigenvalue weighted by Crippen LogP contribution is 2.21. The first-order valence-corrected chi connectivity index (χ1v) is 8.26. The van der Waals surface area contributed by atoms with E-state index in [1.807, 2.05) is 48.5 Å². The summed E-state index contributed by atoms with van der Waals surface area (Å²) < 4.78 is 1.71. The zero-order chi connectivity index (χ0) is 17.9. The fourth-order valence-electron chi connectivity index (χ4n) is 2.91. The van der Waals surface area contributed by atoms with E-state index >= 15 is 0 Å². The molecule has 0 fully saturated rings. The third kappa shape index (κ3) is 2.93. The Hall–Kier alpha value is -3.54. The number of nitrogens with zero attached hydrogens (tertiary/aromatic N) is 5.